The summed E-state index contributed by atoms with van der Waals surface area (Å²) in [6.45, 7) is -0.405. The van der Waals surface area contributed by atoms with Crippen molar-refractivity contribution in [1.82, 2.24) is 5.01 Å². The largest absolute Gasteiger partial charge is 0.435 e. The molecular weight excluding hydrogens is 528 g/mol. The minimum atomic E-state index is -2.89. The average Bonchev–Trinajstić information content (AvgIpc) is 3.12. The second-order valence-corrected chi connectivity index (χ2v) is 9.42. The van der Waals surface area contributed by atoms with E-state index < -0.39 is 12.0 Å². The number of nitrogens with zero attached hydrogens (tertiary/aromatic N) is 2. The van der Waals surface area contributed by atoms with Gasteiger partial charge in [-0.25, -0.2) is 0 Å². The van der Waals surface area contributed by atoms with E-state index in [1.165, 1.54) is 12.1 Å². The minimum absolute atomic E-state index is 0.0509. The van der Waals surface area contributed by atoms with Crippen LogP contribution in [0.2, 0.25) is 5.02 Å². The van der Waals surface area contributed by atoms with Crippen LogP contribution in [0.4, 0.5) is 14.5 Å². The van der Waals surface area contributed by atoms with E-state index in [1.54, 1.807) is 29.3 Å². The van der Waals surface area contributed by atoms with Crippen molar-refractivity contribution in [2.24, 2.45) is 5.10 Å². The molecule has 0 bridgehead atoms. The summed E-state index contributed by atoms with van der Waals surface area (Å²) in [6, 6.07) is 21.1. The third-order valence-corrected chi connectivity index (χ3v) is 6.33. The van der Waals surface area contributed by atoms with E-state index in [4.69, 9.17) is 16.7 Å². The minimum Gasteiger partial charge on any atom is -0.435 e. The van der Waals surface area contributed by atoms with E-state index in [1.807, 2.05) is 43.3 Å². The molecule has 1 aliphatic rings. The monoisotopic (exact) mass is 547 g/mol. The second kappa shape index (κ2) is 10.1. The summed E-state index contributed by atoms with van der Waals surface area (Å²) in [4.78, 5) is 12.7. The molecule has 1 N–H and O–H groups in total. The molecule has 1 atom stereocenters. The smallest absolute Gasteiger partial charge is 0.387 e. The quantitative estimate of drug-likeness (QED) is 0.376. The van der Waals surface area contributed by atoms with E-state index in [0.717, 1.165) is 21.3 Å². The number of ether oxygens (including phenoxy) is 1. The van der Waals surface area contributed by atoms with Crippen molar-refractivity contribution in [3.8, 4) is 5.75 Å². The molecule has 1 aliphatic heterocycles. The van der Waals surface area contributed by atoms with E-state index in [9.17, 15) is 13.6 Å². The molecule has 0 spiro atoms. The highest BCUT2D eigenvalue weighted by Crippen LogP contribution is 2.36. The molecule has 3 aromatic carbocycles. The van der Waals surface area contributed by atoms with Crippen LogP contribution in [0.5, 0.6) is 5.75 Å². The van der Waals surface area contributed by atoms with Crippen LogP contribution in [0, 0.1) is 0 Å². The Balaban J connectivity index is 1.59. The summed E-state index contributed by atoms with van der Waals surface area (Å²) in [5.74, 6) is -0.123. The maximum atomic E-state index is 12.7. The Morgan fingerprint density at radius 2 is 1.76 bits per heavy atom. The molecule has 34 heavy (non-hydrogen) atoms. The maximum Gasteiger partial charge on any atom is 0.387 e. The number of carbonyl (C=O) groups excluding carboxylic acids is 1. The van der Waals surface area contributed by atoms with E-state index in [2.05, 4.69) is 26.0 Å². The van der Waals surface area contributed by atoms with Crippen LogP contribution >= 0.6 is 27.5 Å². The van der Waals surface area contributed by atoms with Gasteiger partial charge in [-0.15, -0.1) is 0 Å². The molecule has 0 radical (unpaired) electrons. The van der Waals surface area contributed by atoms with Crippen molar-refractivity contribution in [2.75, 3.05) is 18.4 Å². The maximum absolute atomic E-state index is 12.7. The Bertz CT molecular complexity index is 1190. The highest BCUT2D eigenvalue weighted by atomic mass is 79.9. The highest BCUT2D eigenvalue weighted by molar-refractivity contribution is 9.10. The number of alkyl halides is 2. The SMILES string of the molecule is CC1(c2ccc(OC(F)F)cc2)CN(CC(=O)Nc2ccc(Br)cc2)N=C1c1ccc(Cl)cc1. The molecular formula is C25H21BrClF2N3O2. The van der Waals surface area contributed by atoms with Gasteiger partial charge in [-0.05, 0) is 66.6 Å². The Labute approximate surface area is 209 Å². The number of hydrogen-bond donors (Lipinski definition) is 1. The molecule has 1 amide bonds. The van der Waals surface area contributed by atoms with Crippen LogP contribution in [-0.2, 0) is 10.2 Å². The molecule has 1 unspecified atom stereocenters. The number of hydrazone groups is 1. The lowest BCUT2D eigenvalue weighted by Crippen LogP contribution is -2.38. The van der Waals surface area contributed by atoms with Gasteiger partial charge in [-0.3, -0.25) is 9.80 Å². The molecule has 0 aliphatic carbocycles. The Morgan fingerprint density at radius 3 is 2.38 bits per heavy atom. The zero-order valence-corrected chi connectivity index (χ0v) is 20.5. The zero-order valence-electron chi connectivity index (χ0n) is 18.1. The third-order valence-electron chi connectivity index (χ3n) is 5.55. The van der Waals surface area contributed by atoms with Crippen molar-refractivity contribution in [3.63, 3.8) is 0 Å². The predicted octanol–water partition coefficient (Wildman–Crippen LogP) is 6.32. The topological polar surface area (TPSA) is 53.9 Å². The van der Waals surface area contributed by atoms with Crippen molar-refractivity contribution in [3.05, 3.63) is 93.4 Å². The normalized spacial score (nSPS) is 17.6. The predicted molar refractivity (Wildman–Crippen MR) is 133 cm³/mol. The van der Waals surface area contributed by atoms with Crippen LogP contribution in [0.15, 0.2) is 82.4 Å². The molecule has 0 fully saturated rings. The van der Waals surface area contributed by atoms with Crippen LogP contribution in [0.1, 0.15) is 18.1 Å². The molecule has 4 rings (SSSR count). The van der Waals surface area contributed by atoms with Crippen LogP contribution in [0.25, 0.3) is 0 Å². The summed E-state index contributed by atoms with van der Waals surface area (Å²) < 4.78 is 30.5. The van der Waals surface area contributed by atoms with Gasteiger partial charge in [0, 0.05) is 15.2 Å². The number of carbonyl (C=O) groups is 1. The molecule has 5 nitrogen and oxygen atoms in total. The standard InChI is InChI=1S/C25H21BrClF2N3O2/c1-25(17-4-12-21(13-5-17)34-24(28)29)15-32(31-23(25)16-2-8-19(27)9-3-16)14-22(33)30-20-10-6-18(26)7-11-20/h2-13,24H,14-15H2,1H3,(H,30,33). The van der Waals surface area contributed by atoms with E-state index in [0.29, 0.717) is 17.3 Å². The first kappa shape index (κ1) is 24.2. The van der Waals surface area contributed by atoms with Gasteiger partial charge in [0.2, 0.25) is 5.91 Å². The van der Waals surface area contributed by atoms with Gasteiger partial charge in [0.05, 0.1) is 17.7 Å². The lowest BCUT2D eigenvalue weighted by atomic mass is 9.76. The number of halogens is 4. The van der Waals surface area contributed by atoms with Crippen LogP contribution < -0.4 is 10.1 Å². The highest BCUT2D eigenvalue weighted by Gasteiger charge is 2.41. The van der Waals surface area contributed by atoms with Crippen LogP contribution in [0.3, 0.4) is 0 Å². The fourth-order valence-corrected chi connectivity index (χ4v) is 4.32. The van der Waals surface area contributed by atoms with Gasteiger partial charge in [0.25, 0.3) is 0 Å². The zero-order chi connectivity index (χ0) is 24.3. The first-order valence-corrected chi connectivity index (χ1v) is 11.6. The lowest BCUT2D eigenvalue weighted by molar-refractivity contribution is -0.117. The Kier molecular flexibility index (Phi) is 7.19. The summed E-state index contributed by atoms with van der Waals surface area (Å²) in [7, 11) is 0. The number of rotatable bonds is 7. The summed E-state index contributed by atoms with van der Waals surface area (Å²) >= 11 is 9.44. The van der Waals surface area contributed by atoms with Crippen molar-refractivity contribution in [1.29, 1.82) is 0 Å². The van der Waals surface area contributed by atoms with Gasteiger partial charge in [0.1, 0.15) is 12.3 Å². The van der Waals surface area contributed by atoms with E-state index >= 15 is 0 Å². The summed E-state index contributed by atoms with van der Waals surface area (Å²) in [5, 5.41) is 9.96. The molecule has 1 heterocycles. The number of benzene rings is 3. The lowest BCUT2D eigenvalue weighted by Gasteiger charge is -2.27. The van der Waals surface area contributed by atoms with Gasteiger partial charge in [-0.2, -0.15) is 13.9 Å². The Morgan fingerprint density at radius 1 is 1.12 bits per heavy atom. The number of amides is 1. The van der Waals surface area contributed by atoms with Gasteiger partial charge < -0.3 is 10.1 Å². The first-order chi connectivity index (χ1) is 16.2. The fraction of sp³-hybridized carbons (Fsp3) is 0.200. The molecule has 3 aromatic rings. The van der Waals surface area contributed by atoms with Gasteiger partial charge >= 0.3 is 6.61 Å². The van der Waals surface area contributed by atoms with E-state index in [-0.39, 0.29) is 18.2 Å². The molecule has 0 saturated carbocycles. The van der Waals surface area contributed by atoms with Crippen molar-refractivity contribution >= 4 is 44.8 Å². The third kappa shape index (κ3) is 5.56. The van der Waals surface area contributed by atoms with Crippen molar-refractivity contribution < 1.29 is 18.3 Å². The van der Waals surface area contributed by atoms with Crippen molar-refractivity contribution in [2.45, 2.75) is 19.0 Å². The number of hydrogen-bond acceptors (Lipinski definition) is 4. The second-order valence-electron chi connectivity index (χ2n) is 8.07. The number of anilines is 1. The molecule has 176 valence electrons. The molecule has 9 heteroatoms. The summed E-state index contributed by atoms with van der Waals surface area (Å²) in [6.07, 6.45) is 0. The fourth-order valence-electron chi connectivity index (χ4n) is 3.93. The average molecular weight is 549 g/mol. The van der Waals surface area contributed by atoms with Gasteiger partial charge in [0.15, 0.2) is 0 Å². The first-order valence-electron chi connectivity index (χ1n) is 10.4. The van der Waals surface area contributed by atoms with Crippen LogP contribution in [-0.4, -0.2) is 36.3 Å². The van der Waals surface area contributed by atoms with Gasteiger partial charge in [-0.1, -0.05) is 51.8 Å². The molecule has 0 aromatic heterocycles. The summed E-state index contributed by atoms with van der Waals surface area (Å²) in [5.41, 5.74) is 2.55. The molecule has 0 saturated heterocycles. The number of nitrogens with one attached hydrogen (secondary N) is 1. The Hall–Kier alpha value is -2.97.